The van der Waals surface area contributed by atoms with Gasteiger partial charge >= 0.3 is 0 Å². The van der Waals surface area contributed by atoms with Crippen LogP contribution in [0, 0.1) is 6.92 Å². The van der Waals surface area contributed by atoms with Crippen LogP contribution in [0.15, 0.2) is 53.9 Å². The van der Waals surface area contributed by atoms with Gasteiger partial charge in [-0.1, -0.05) is 41.6 Å². The smallest absolute Gasteiger partial charge is 0.191 e. The minimum Gasteiger partial charge on any atom is -0.388 e. The SMILES string of the molecule is Cc1ccc(C(O)CSc2nnc(-c3ccncc3)n2C)cc1. The minimum atomic E-state index is -0.526. The minimum absolute atomic E-state index is 0.526. The molecule has 3 aromatic rings. The number of rotatable bonds is 5. The number of pyridine rings is 1. The van der Waals surface area contributed by atoms with E-state index >= 15 is 0 Å². The molecule has 2 heterocycles. The first-order valence-corrected chi connectivity index (χ1v) is 8.31. The number of hydrogen-bond donors (Lipinski definition) is 1. The molecule has 1 aromatic carbocycles. The van der Waals surface area contributed by atoms with E-state index in [0.29, 0.717) is 5.75 Å². The van der Waals surface area contributed by atoms with Crippen molar-refractivity contribution in [2.45, 2.75) is 18.2 Å². The van der Waals surface area contributed by atoms with Crippen LogP contribution in [0.4, 0.5) is 0 Å². The van der Waals surface area contributed by atoms with Gasteiger partial charge in [0.05, 0.1) is 6.10 Å². The molecule has 1 unspecified atom stereocenters. The van der Waals surface area contributed by atoms with Gasteiger partial charge in [-0.05, 0) is 24.6 Å². The van der Waals surface area contributed by atoms with Gasteiger partial charge in [0.1, 0.15) is 0 Å². The average Bonchev–Trinajstić information content (AvgIpc) is 2.95. The van der Waals surface area contributed by atoms with Crippen molar-refractivity contribution >= 4 is 11.8 Å². The Hall–Kier alpha value is -2.18. The van der Waals surface area contributed by atoms with Gasteiger partial charge in [-0.15, -0.1) is 10.2 Å². The summed E-state index contributed by atoms with van der Waals surface area (Å²) in [5.74, 6) is 1.32. The molecule has 0 saturated carbocycles. The van der Waals surface area contributed by atoms with Crippen LogP contribution in [0.2, 0.25) is 0 Å². The zero-order valence-electron chi connectivity index (χ0n) is 13.0. The summed E-state index contributed by atoms with van der Waals surface area (Å²) >= 11 is 1.49. The largest absolute Gasteiger partial charge is 0.388 e. The molecule has 0 amide bonds. The third-order valence-corrected chi connectivity index (χ3v) is 4.70. The van der Waals surface area contributed by atoms with Gasteiger partial charge in [0.15, 0.2) is 11.0 Å². The molecular weight excluding hydrogens is 308 g/mol. The lowest BCUT2D eigenvalue weighted by atomic mass is 10.1. The number of thioether (sulfide) groups is 1. The Labute approximate surface area is 139 Å². The van der Waals surface area contributed by atoms with Crippen molar-refractivity contribution in [2.75, 3.05) is 5.75 Å². The molecule has 0 aliphatic rings. The number of hydrogen-bond acceptors (Lipinski definition) is 5. The molecule has 23 heavy (non-hydrogen) atoms. The van der Waals surface area contributed by atoms with Crippen molar-refractivity contribution in [1.29, 1.82) is 0 Å². The van der Waals surface area contributed by atoms with E-state index in [1.807, 2.05) is 54.9 Å². The van der Waals surface area contributed by atoms with Crippen LogP contribution in [0.1, 0.15) is 17.2 Å². The second-order valence-corrected chi connectivity index (χ2v) is 6.33. The maximum absolute atomic E-state index is 10.3. The van der Waals surface area contributed by atoms with E-state index in [4.69, 9.17) is 0 Å². The Morgan fingerprint density at radius 2 is 1.78 bits per heavy atom. The number of aliphatic hydroxyl groups is 1. The van der Waals surface area contributed by atoms with Gasteiger partial charge < -0.3 is 9.67 Å². The first kappa shape index (κ1) is 15.7. The van der Waals surface area contributed by atoms with Gasteiger partial charge in [0.25, 0.3) is 0 Å². The lowest BCUT2D eigenvalue weighted by Crippen LogP contribution is -2.02. The molecule has 5 nitrogen and oxygen atoms in total. The average molecular weight is 326 g/mol. The van der Waals surface area contributed by atoms with Crippen LogP contribution in [0.3, 0.4) is 0 Å². The number of aryl methyl sites for hydroxylation is 1. The third-order valence-electron chi connectivity index (χ3n) is 3.61. The van der Waals surface area contributed by atoms with Crippen molar-refractivity contribution in [3.63, 3.8) is 0 Å². The summed E-state index contributed by atoms with van der Waals surface area (Å²) in [6, 6.07) is 11.7. The Kier molecular flexibility index (Phi) is 4.73. The zero-order chi connectivity index (χ0) is 16.2. The van der Waals surface area contributed by atoms with E-state index in [0.717, 1.165) is 22.1 Å². The molecule has 0 radical (unpaired) electrons. The molecule has 0 aliphatic carbocycles. The molecular formula is C17H18N4OS. The van der Waals surface area contributed by atoms with Crippen LogP contribution >= 0.6 is 11.8 Å². The molecule has 0 aliphatic heterocycles. The molecule has 6 heteroatoms. The highest BCUT2D eigenvalue weighted by Crippen LogP contribution is 2.26. The Bertz CT molecular complexity index is 771. The summed E-state index contributed by atoms with van der Waals surface area (Å²) in [5.41, 5.74) is 3.07. The fourth-order valence-electron chi connectivity index (χ4n) is 2.23. The van der Waals surface area contributed by atoms with Gasteiger partial charge in [-0.2, -0.15) is 0 Å². The lowest BCUT2D eigenvalue weighted by Gasteiger charge is -2.10. The van der Waals surface area contributed by atoms with Crippen molar-refractivity contribution in [3.05, 3.63) is 59.9 Å². The normalized spacial score (nSPS) is 12.3. The highest BCUT2D eigenvalue weighted by molar-refractivity contribution is 7.99. The third kappa shape index (κ3) is 3.60. The van der Waals surface area contributed by atoms with Crippen LogP contribution in [0.25, 0.3) is 11.4 Å². The van der Waals surface area contributed by atoms with Crippen LogP contribution in [-0.2, 0) is 7.05 Å². The highest BCUT2D eigenvalue weighted by Gasteiger charge is 2.14. The van der Waals surface area contributed by atoms with E-state index in [9.17, 15) is 5.11 Å². The van der Waals surface area contributed by atoms with Gasteiger partial charge in [0, 0.05) is 30.8 Å². The Balaban J connectivity index is 1.69. The standard InChI is InChI=1S/C17H18N4OS/c1-12-3-5-13(6-4-12)15(22)11-23-17-20-19-16(21(17)2)14-7-9-18-10-8-14/h3-10,15,22H,11H2,1-2H3. The highest BCUT2D eigenvalue weighted by atomic mass is 32.2. The van der Waals surface area contributed by atoms with Crippen molar-refractivity contribution in [2.24, 2.45) is 7.05 Å². The van der Waals surface area contributed by atoms with Crippen LogP contribution < -0.4 is 0 Å². The molecule has 0 saturated heterocycles. The summed E-state index contributed by atoms with van der Waals surface area (Å²) in [5, 5.41) is 19.5. The summed E-state index contributed by atoms with van der Waals surface area (Å²) in [4.78, 5) is 4.01. The summed E-state index contributed by atoms with van der Waals surface area (Å²) in [6.45, 7) is 2.03. The quantitative estimate of drug-likeness (QED) is 0.730. The van der Waals surface area contributed by atoms with Crippen LogP contribution in [-0.4, -0.2) is 30.6 Å². The number of aliphatic hydroxyl groups excluding tert-OH is 1. The van der Waals surface area contributed by atoms with E-state index in [2.05, 4.69) is 15.2 Å². The number of aromatic nitrogens is 4. The number of benzene rings is 1. The molecule has 1 N–H and O–H groups in total. The van der Waals surface area contributed by atoms with Crippen molar-refractivity contribution in [3.8, 4) is 11.4 Å². The van der Waals surface area contributed by atoms with E-state index in [1.165, 1.54) is 17.3 Å². The van der Waals surface area contributed by atoms with E-state index in [-0.39, 0.29) is 0 Å². The first-order valence-electron chi connectivity index (χ1n) is 7.32. The van der Waals surface area contributed by atoms with E-state index < -0.39 is 6.10 Å². The fourth-order valence-corrected chi connectivity index (χ4v) is 3.11. The topological polar surface area (TPSA) is 63.8 Å². The zero-order valence-corrected chi connectivity index (χ0v) is 13.9. The maximum Gasteiger partial charge on any atom is 0.191 e. The van der Waals surface area contributed by atoms with Gasteiger partial charge in [0.2, 0.25) is 0 Å². The molecule has 118 valence electrons. The molecule has 1 atom stereocenters. The second-order valence-electron chi connectivity index (χ2n) is 5.34. The maximum atomic E-state index is 10.3. The molecule has 0 spiro atoms. The molecule has 3 rings (SSSR count). The molecule has 2 aromatic heterocycles. The molecule has 0 bridgehead atoms. The summed E-state index contributed by atoms with van der Waals surface area (Å²) < 4.78 is 1.93. The summed E-state index contributed by atoms with van der Waals surface area (Å²) in [6.07, 6.45) is 2.94. The first-order chi connectivity index (χ1) is 11.1. The molecule has 0 fully saturated rings. The van der Waals surface area contributed by atoms with Gasteiger partial charge in [-0.25, -0.2) is 0 Å². The Morgan fingerprint density at radius 3 is 2.48 bits per heavy atom. The monoisotopic (exact) mass is 326 g/mol. The van der Waals surface area contributed by atoms with Crippen molar-refractivity contribution in [1.82, 2.24) is 19.7 Å². The van der Waals surface area contributed by atoms with Gasteiger partial charge in [-0.3, -0.25) is 4.98 Å². The predicted octanol–water partition coefficient (Wildman–Crippen LogP) is 3.01. The predicted molar refractivity (Wildman–Crippen MR) is 91.1 cm³/mol. The second kappa shape index (κ2) is 6.93. The number of nitrogens with zero attached hydrogens (tertiary/aromatic N) is 4. The van der Waals surface area contributed by atoms with Crippen molar-refractivity contribution < 1.29 is 5.11 Å². The Morgan fingerprint density at radius 1 is 1.09 bits per heavy atom. The summed E-state index contributed by atoms with van der Waals surface area (Å²) in [7, 11) is 1.93. The fraction of sp³-hybridized carbons (Fsp3) is 0.235. The van der Waals surface area contributed by atoms with E-state index in [1.54, 1.807) is 12.4 Å². The van der Waals surface area contributed by atoms with Crippen LogP contribution in [0.5, 0.6) is 0 Å². The lowest BCUT2D eigenvalue weighted by molar-refractivity contribution is 0.204.